The summed E-state index contributed by atoms with van der Waals surface area (Å²) < 4.78 is 0. The lowest BCUT2D eigenvalue weighted by Gasteiger charge is -2.00. The average Bonchev–Trinajstić information content (AvgIpc) is 2.03. The van der Waals surface area contributed by atoms with E-state index in [4.69, 9.17) is 16.1 Å². The summed E-state index contributed by atoms with van der Waals surface area (Å²) in [6.45, 7) is 0. The molecule has 1 rings (SSSR count). The lowest BCUT2D eigenvalue weighted by atomic mass is 10.8. The Hall–Kier alpha value is -1.67. The Bertz CT molecular complexity index is 229. The number of hydrogen-bond acceptors (Lipinski definition) is 8. The third-order valence-corrected chi connectivity index (χ3v) is 0.853. The van der Waals surface area contributed by atoms with Crippen molar-refractivity contribution in [3.05, 3.63) is 0 Å². The van der Waals surface area contributed by atoms with Crippen LogP contribution in [0.5, 0.6) is 0 Å². The predicted octanol–water partition coefficient (Wildman–Crippen LogP) is -0.944. The molecule has 8 nitrogen and oxygen atoms in total. The molecule has 0 spiro atoms. The topological polar surface area (TPSA) is 129 Å². The molecule has 0 atom stereocenters. The summed E-state index contributed by atoms with van der Waals surface area (Å²) in [6.07, 6.45) is 0. The largest absolute Gasteiger partial charge is 0.368 e. The monoisotopic (exact) mass is 158 g/mol. The molecule has 0 aliphatic carbocycles. The number of nitrogen functional groups attached to an aromatic ring is 1. The number of nitrogens with one attached hydrogen (secondary N) is 2. The van der Waals surface area contributed by atoms with Crippen molar-refractivity contribution in [3.8, 4) is 0 Å². The Morgan fingerprint density at radius 1 is 1.00 bits per heavy atom. The fraction of sp³-hybridized carbons (Fsp3) is 0. The van der Waals surface area contributed by atoms with Gasteiger partial charge in [-0.05, 0) is 0 Å². The van der Waals surface area contributed by atoms with Crippen LogP contribution in [0, 0.1) is 0 Å². The van der Waals surface area contributed by atoms with Crippen LogP contribution in [0.25, 0.3) is 0 Å². The summed E-state index contributed by atoms with van der Waals surface area (Å²) in [7, 11) is 0. The lowest BCUT2D eigenvalue weighted by molar-refractivity contribution is 0.375. The van der Waals surface area contributed by atoms with Gasteiger partial charge in [0.05, 0.1) is 0 Å². The minimum Gasteiger partial charge on any atom is -0.368 e. The van der Waals surface area contributed by atoms with Gasteiger partial charge in [0.25, 0.3) is 11.9 Å². The van der Waals surface area contributed by atoms with E-state index in [-0.39, 0.29) is 17.8 Å². The molecule has 11 heavy (non-hydrogen) atoms. The third-order valence-electron chi connectivity index (χ3n) is 0.853. The fourth-order valence-electron chi connectivity index (χ4n) is 0.492. The molecule has 0 bridgehead atoms. The molecule has 8 heteroatoms. The highest BCUT2D eigenvalue weighted by atomic mass is 16.5. The molecule has 1 aromatic heterocycles. The molecule has 0 aliphatic heterocycles. The minimum atomic E-state index is -0.144. The molecule has 0 saturated carbocycles. The quantitative estimate of drug-likeness (QED) is 0.348. The maximum Gasteiger partial charge on any atom is 0.253 e. The summed E-state index contributed by atoms with van der Waals surface area (Å²) in [5.41, 5.74) is 8.44. The van der Waals surface area contributed by atoms with Crippen molar-refractivity contribution in [3.63, 3.8) is 0 Å². The molecule has 0 unspecified atom stereocenters. The second-order valence-corrected chi connectivity index (χ2v) is 1.56. The second kappa shape index (κ2) is 2.94. The summed E-state index contributed by atoms with van der Waals surface area (Å²) in [6, 6.07) is 0. The minimum absolute atomic E-state index is 0.117. The third kappa shape index (κ3) is 1.63. The van der Waals surface area contributed by atoms with Crippen molar-refractivity contribution < 1.29 is 10.4 Å². The average molecular weight is 158 g/mol. The van der Waals surface area contributed by atoms with Crippen molar-refractivity contribution in [2.75, 3.05) is 16.7 Å². The van der Waals surface area contributed by atoms with Gasteiger partial charge in [0.15, 0.2) is 0 Å². The van der Waals surface area contributed by atoms with Crippen LogP contribution in [0.1, 0.15) is 0 Å². The van der Waals surface area contributed by atoms with Gasteiger partial charge < -0.3 is 5.73 Å². The molecular formula is C3H6N6O2. The van der Waals surface area contributed by atoms with Crippen LogP contribution in [0.4, 0.5) is 17.8 Å². The van der Waals surface area contributed by atoms with Crippen LogP contribution >= 0.6 is 0 Å². The smallest absolute Gasteiger partial charge is 0.253 e. The number of nitrogens with zero attached hydrogens (tertiary/aromatic N) is 3. The highest BCUT2D eigenvalue weighted by Gasteiger charge is 2.00. The van der Waals surface area contributed by atoms with E-state index in [1.54, 1.807) is 11.0 Å². The maximum absolute atomic E-state index is 8.31. The standard InChI is InChI=1S/C3H6N6O2/c4-1-5-2(8-10)7-3(6-1)9-11/h10-11H,(H4,4,5,6,7,8,9). The van der Waals surface area contributed by atoms with E-state index in [2.05, 4.69) is 15.0 Å². The van der Waals surface area contributed by atoms with Crippen LogP contribution < -0.4 is 16.7 Å². The van der Waals surface area contributed by atoms with E-state index in [0.29, 0.717) is 0 Å². The summed E-state index contributed by atoms with van der Waals surface area (Å²) in [5, 5.41) is 16.6. The molecule has 0 radical (unpaired) electrons. The highest BCUT2D eigenvalue weighted by molar-refractivity contribution is 5.36. The van der Waals surface area contributed by atoms with Gasteiger partial charge in [-0.25, -0.2) is 11.0 Å². The van der Waals surface area contributed by atoms with E-state index >= 15 is 0 Å². The van der Waals surface area contributed by atoms with E-state index in [1.807, 2.05) is 0 Å². The van der Waals surface area contributed by atoms with Gasteiger partial charge in [-0.1, -0.05) is 0 Å². The van der Waals surface area contributed by atoms with Crippen molar-refractivity contribution in [1.82, 2.24) is 15.0 Å². The van der Waals surface area contributed by atoms with Crippen molar-refractivity contribution in [2.45, 2.75) is 0 Å². The summed E-state index contributed by atoms with van der Waals surface area (Å²) in [5.74, 6) is -0.406. The Morgan fingerprint density at radius 2 is 1.45 bits per heavy atom. The van der Waals surface area contributed by atoms with E-state index in [9.17, 15) is 0 Å². The molecule has 0 fully saturated rings. The van der Waals surface area contributed by atoms with Gasteiger partial charge in [0.1, 0.15) is 0 Å². The summed E-state index contributed by atoms with van der Waals surface area (Å²) in [4.78, 5) is 10.3. The van der Waals surface area contributed by atoms with Gasteiger partial charge in [0, 0.05) is 0 Å². The van der Waals surface area contributed by atoms with Gasteiger partial charge in [-0.3, -0.25) is 10.4 Å². The van der Waals surface area contributed by atoms with Crippen LogP contribution in [0.15, 0.2) is 0 Å². The fourth-order valence-corrected chi connectivity index (χ4v) is 0.492. The number of aromatic nitrogens is 3. The van der Waals surface area contributed by atoms with E-state index in [1.165, 1.54) is 0 Å². The Kier molecular flexibility index (Phi) is 1.99. The van der Waals surface area contributed by atoms with Gasteiger partial charge in [-0.2, -0.15) is 15.0 Å². The molecule has 0 aromatic carbocycles. The number of anilines is 3. The zero-order valence-electron chi connectivity index (χ0n) is 5.31. The Balaban J connectivity index is 3.02. The van der Waals surface area contributed by atoms with E-state index in [0.717, 1.165) is 0 Å². The zero-order chi connectivity index (χ0) is 8.27. The molecule has 0 aliphatic rings. The molecule has 1 aromatic rings. The first-order chi connectivity index (χ1) is 5.26. The number of nitrogens with two attached hydrogens (primary N) is 1. The molecular weight excluding hydrogens is 152 g/mol. The first-order valence-corrected chi connectivity index (χ1v) is 2.58. The van der Waals surface area contributed by atoms with Crippen molar-refractivity contribution >= 4 is 17.8 Å². The second-order valence-electron chi connectivity index (χ2n) is 1.56. The molecule has 0 amide bonds. The molecule has 0 saturated heterocycles. The molecule has 1 heterocycles. The number of hydrogen-bond donors (Lipinski definition) is 5. The predicted molar refractivity (Wildman–Crippen MR) is 35.1 cm³/mol. The number of rotatable bonds is 2. The van der Waals surface area contributed by atoms with Gasteiger partial charge in [-0.15, -0.1) is 0 Å². The van der Waals surface area contributed by atoms with Crippen LogP contribution in [-0.2, 0) is 0 Å². The van der Waals surface area contributed by atoms with Gasteiger partial charge in [0.2, 0.25) is 5.95 Å². The Morgan fingerprint density at radius 3 is 1.82 bits per heavy atom. The van der Waals surface area contributed by atoms with Crippen LogP contribution in [0.2, 0.25) is 0 Å². The zero-order valence-corrected chi connectivity index (χ0v) is 5.31. The first kappa shape index (κ1) is 7.44. The van der Waals surface area contributed by atoms with Gasteiger partial charge >= 0.3 is 0 Å². The van der Waals surface area contributed by atoms with E-state index < -0.39 is 0 Å². The maximum atomic E-state index is 8.31. The molecule has 6 N–H and O–H groups in total. The normalized spacial score (nSPS) is 9.27. The SMILES string of the molecule is Nc1nc(NO)nc(NO)n1. The van der Waals surface area contributed by atoms with Crippen LogP contribution in [0.3, 0.4) is 0 Å². The molecule has 60 valence electrons. The first-order valence-electron chi connectivity index (χ1n) is 2.58. The van der Waals surface area contributed by atoms with Crippen molar-refractivity contribution in [2.24, 2.45) is 0 Å². The summed E-state index contributed by atoms with van der Waals surface area (Å²) >= 11 is 0. The van der Waals surface area contributed by atoms with Crippen molar-refractivity contribution in [1.29, 1.82) is 0 Å². The van der Waals surface area contributed by atoms with Crippen LogP contribution in [-0.4, -0.2) is 25.4 Å². The highest BCUT2D eigenvalue weighted by Crippen LogP contribution is 2.03. The lowest BCUT2D eigenvalue weighted by Crippen LogP contribution is -2.07. The Labute approximate surface area is 61.0 Å².